The highest BCUT2D eigenvalue weighted by Crippen LogP contribution is 1.96. The molecule has 1 amide bonds. The maximum atomic E-state index is 11.1. The maximum absolute atomic E-state index is 11.1. The number of carbonyl (C=O) groups excluding carboxylic acids is 1. The third-order valence-corrected chi connectivity index (χ3v) is 1.40. The van der Waals surface area contributed by atoms with Crippen molar-refractivity contribution in [2.45, 2.75) is 13.8 Å². The zero-order valence-electron chi connectivity index (χ0n) is 7.95. The molecule has 0 saturated carbocycles. The van der Waals surface area contributed by atoms with Gasteiger partial charge in [0.15, 0.2) is 0 Å². The fraction of sp³-hybridized carbons (Fsp3) is 0.714. The molecule has 0 bridgehead atoms. The lowest BCUT2D eigenvalue weighted by atomic mass is 10.2. The van der Waals surface area contributed by atoms with Crippen molar-refractivity contribution in [2.24, 2.45) is 17.4 Å². The summed E-state index contributed by atoms with van der Waals surface area (Å²) in [6.07, 6.45) is 0. The number of hydrogen-bond acceptors (Lipinski definition) is 2. The topological polar surface area (TPSA) is 107 Å². The van der Waals surface area contributed by atoms with Gasteiger partial charge in [0.05, 0.1) is 13.1 Å². The molecule has 0 saturated heterocycles. The Morgan fingerprint density at radius 2 is 2.08 bits per heavy atom. The van der Waals surface area contributed by atoms with Gasteiger partial charge in [0.25, 0.3) is 0 Å². The Kier molecular flexibility index (Phi) is 4.83. The van der Waals surface area contributed by atoms with Crippen molar-refractivity contribution in [3.05, 3.63) is 0 Å². The van der Waals surface area contributed by atoms with Crippen LogP contribution >= 0.6 is 0 Å². The van der Waals surface area contributed by atoms with E-state index in [1.54, 1.807) is 13.8 Å². The van der Waals surface area contributed by atoms with Gasteiger partial charge in [-0.15, -0.1) is 0 Å². The summed E-state index contributed by atoms with van der Waals surface area (Å²) < 4.78 is 0. The summed E-state index contributed by atoms with van der Waals surface area (Å²) in [5.74, 6) is -0.466. The van der Waals surface area contributed by atoms with Crippen molar-refractivity contribution < 1.29 is 15.0 Å². The molecule has 0 aromatic heterocycles. The first kappa shape index (κ1) is 11.7. The number of nitrogens with one attached hydrogen (secondary N) is 1. The molecule has 0 aliphatic rings. The predicted octanol–water partition coefficient (Wildman–Crippen LogP) is -2.79. The van der Waals surface area contributed by atoms with E-state index in [1.807, 2.05) is 0 Å². The van der Waals surface area contributed by atoms with Crippen LogP contribution in [0.15, 0.2) is 0 Å². The van der Waals surface area contributed by atoms with Gasteiger partial charge < -0.3 is 0 Å². The van der Waals surface area contributed by atoms with E-state index in [0.717, 1.165) is 0 Å². The first-order valence-electron chi connectivity index (χ1n) is 4.07. The Morgan fingerprint density at radius 3 is 2.46 bits per heavy atom. The van der Waals surface area contributed by atoms with Gasteiger partial charge in [0.1, 0.15) is 0 Å². The lowest BCUT2D eigenvalue weighted by Crippen LogP contribution is -2.79. The van der Waals surface area contributed by atoms with Gasteiger partial charge in [-0.1, -0.05) is 13.8 Å². The van der Waals surface area contributed by atoms with Crippen LogP contribution in [0.4, 0.5) is 0 Å². The van der Waals surface area contributed by atoms with Crippen molar-refractivity contribution in [3.8, 4) is 0 Å². The summed E-state index contributed by atoms with van der Waals surface area (Å²) in [6, 6.07) is 0. The summed E-state index contributed by atoms with van der Waals surface area (Å²) in [7, 11) is 0. The zero-order valence-corrected chi connectivity index (χ0v) is 7.95. The number of hydroxylamine groups is 2. The van der Waals surface area contributed by atoms with Crippen LogP contribution in [0.25, 0.3) is 0 Å². The van der Waals surface area contributed by atoms with Crippen LogP contribution in [0, 0.1) is 5.92 Å². The van der Waals surface area contributed by atoms with E-state index in [2.05, 4.69) is 4.99 Å². The Bertz CT molecular complexity index is 199. The minimum Gasteiger partial charge on any atom is -0.291 e. The van der Waals surface area contributed by atoms with Crippen molar-refractivity contribution in [2.75, 3.05) is 13.1 Å². The molecule has 0 aromatic carbocycles. The average molecular weight is 189 g/mol. The number of hydrogen-bond donors (Lipinski definition) is 4. The molecular weight excluding hydrogens is 172 g/mol. The molecule has 0 atom stereocenters. The molecule has 0 aliphatic heterocycles. The first-order chi connectivity index (χ1) is 5.95. The molecule has 6 nitrogen and oxygen atoms in total. The lowest BCUT2D eigenvalue weighted by Gasteiger charge is -2.15. The maximum Gasteiger partial charge on any atom is 0.338 e. The second-order valence-electron chi connectivity index (χ2n) is 3.00. The fourth-order valence-electron chi connectivity index (χ4n) is 0.714. The Labute approximate surface area is 77.2 Å². The second-order valence-corrected chi connectivity index (χ2v) is 3.00. The van der Waals surface area contributed by atoms with Crippen LogP contribution < -0.4 is 16.5 Å². The van der Waals surface area contributed by atoms with E-state index in [1.165, 1.54) is 0 Å². The number of rotatable bonds is 4. The first-order valence-corrected chi connectivity index (χ1v) is 4.07. The highest BCUT2D eigenvalue weighted by atomic mass is 16.5. The van der Waals surface area contributed by atoms with Gasteiger partial charge >= 0.3 is 5.96 Å². The van der Waals surface area contributed by atoms with Gasteiger partial charge in [-0.2, -0.15) is 0 Å². The largest absolute Gasteiger partial charge is 0.338 e. The SMILES string of the molecule is CC(C)C(=O)N(O)CC[NH+]=C(N)N. The van der Waals surface area contributed by atoms with Crippen LogP contribution in [0.1, 0.15) is 13.8 Å². The number of carbonyl (C=O) groups is 1. The summed E-state index contributed by atoms with van der Waals surface area (Å²) in [5.41, 5.74) is 10.2. The molecule has 0 unspecified atom stereocenters. The van der Waals surface area contributed by atoms with Crippen LogP contribution in [0.5, 0.6) is 0 Å². The highest BCUT2D eigenvalue weighted by molar-refractivity contribution is 5.76. The highest BCUT2D eigenvalue weighted by Gasteiger charge is 2.13. The smallest absolute Gasteiger partial charge is 0.291 e. The molecule has 0 aliphatic carbocycles. The third-order valence-electron chi connectivity index (χ3n) is 1.40. The normalized spacial score (nSPS) is 9.85. The quantitative estimate of drug-likeness (QED) is 0.166. The van der Waals surface area contributed by atoms with Gasteiger partial charge in [-0.05, 0) is 0 Å². The predicted molar refractivity (Wildman–Crippen MR) is 47.5 cm³/mol. The zero-order chi connectivity index (χ0) is 10.4. The number of nitrogens with two attached hydrogens (primary N) is 2. The molecule has 0 radical (unpaired) electrons. The summed E-state index contributed by atoms with van der Waals surface area (Å²) in [5, 5.41) is 9.81. The standard InChI is InChI=1S/C7H16N4O2/c1-5(2)6(12)11(13)4-3-10-7(8)9/h5,13H,3-4H2,1-2H3,(H4,8,9,10)/p+1. The summed E-state index contributed by atoms with van der Waals surface area (Å²) in [4.78, 5) is 13.7. The minimum absolute atomic E-state index is 0.0744. The van der Waals surface area contributed by atoms with E-state index in [9.17, 15) is 4.79 Å². The molecule has 0 heterocycles. The molecule has 6 heteroatoms. The molecule has 76 valence electrons. The fourth-order valence-corrected chi connectivity index (χ4v) is 0.714. The average Bonchev–Trinajstić information content (AvgIpc) is 2.02. The van der Waals surface area contributed by atoms with Gasteiger partial charge in [0, 0.05) is 5.92 Å². The summed E-state index contributed by atoms with van der Waals surface area (Å²) >= 11 is 0. The number of nitrogens with zero attached hydrogens (tertiary/aromatic N) is 1. The number of amides is 1. The minimum atomic E-state index is -0.322. The van der Waals surface area contributed by atoms with Crippen molar-refractivity contribution in [1.82, 2.24) is 5.06 Å². The molecule has 13 heavy (non-hydrogen) atoms. The molecule has 0 spiro atoms. The van der Waals surface area contributed by atoms with Gasteiger partial charge in [-0.3, -0.25) is 26.5 Å². The van der Waals surface area contributed by atoms with E-state index in [4.69, 9.17) is 16.7 Å². The van der Waals surface area contributed by atoms with E-state index in [0.29, 0.717) is 11.6 Å². The Hall–Kier alpha value is -1.30. The van der Waals surface area contributed by atoms with Crippen LogP contribution in [0.2, 0.25) is 0 Å². The third kappa shape index (κ3) is 5.02. The van der Waals surface area contributed by atoms with E-state index in [-0.39, 0.29) is 24.3 Å². The molecule has 6 N–H and O–H groups in total. The molecule has 0 rings (SSSR count). The van der Waals surface area contributed by atoms with Gasteiger partial charge in [-0.25, -0.2) is 5.06 Å². The van der Waals surface area contributed by atoms with Crippen LogP contribution in [0.3, 0.4) is 0 Å². The van der Waals surface area contributed by atoms with Crippen LogP contribution in [-0.2, 0) is 4.79 Å². The Morgan fingerprint density at radius 1 is 1.54 bits per heavy atom. The monoisotopic (exact) mass is 189 g/mol. The molecular formula is C7H17N4O2+. The number of guanidine groups is 1. The lowest BCUT2D eigenvalue weighted by molar-refractivity contribution is -0.462. The van der Waals surface area contributed by atoms with Crippen molar-refractivity contribution in [3.63, 3.8) is 0 Å². The second kappa shape index (κ2) is 5.36. The summed E-state index contributed by atoms with van der Waals surface area (Å²) in [6.45, 7) is 3.91. The Balaban J connectivity index is 3.81. The van der Waals surface area contributed by atoms with Gasteiger partial charge in [0.2, 0.25) is 5.91 Å². The molecule has 0 aromatic rings. The van der Waals surface area contributed by atoms with Crippen molar-refractivity contribution in [1.29, 1.82) is 0 Å². The van der Waals surface area contributed by atoms with E-state index < -0.39 is 0 Å². The van der Waals surface area contributed by atoms with Crippen molar-refractivity contribution >= 4 is 11.9 Å². The molecule has 0 fully saturated rings. The van der Waals surface area contributed by atoms with Crippen LogP contribution in [-0.4, -0.2) is 35.2 Å². The van der Waals surface area contributed by atoms with E-state index >= 15 is 0 Å².